The summed E-state index contributed by atoms with van der Waals surface area (Å²) in [4.78, 5) is 11.1. The highest BCUT2D eigenvalue weighted by Gasteiger charge is 2.34. The van der Waals surface area contributed by atoms with Crippen molar-refractivity contribution >= 4 is 17.6 Å². The first-order chi connectivity index (χ1) is 10.1. The minimum absolute atomic E-state index is 0.0623. The summed E-state index contributed by atoms with van der Waals surface area (Å²) in [7, 11) is 0. The van der Waals surface area contributed by atoms with E-state index in [2.05, 4.69) is 0 Å². The first kappa shape index (κ1) is 14.7. The van der Waals surface area contributed by atoms with Crippen LogP contribution in [0.5, 0.6) is 5.75 Å². The van der Waals surface area contributed by atoms with Crippen molar-refractivity contribution in [2.75, 3.05) is 6.61 Å². The van der Waals surface area contributed by atoms with Crippen molar-refractivity contribution in [1.82, 2.24) is 0 Å². The summed E-state index contributed by atoms with van der Waals surface area (Å²) in [5.41, 5.74) is 1.01. The molecule has 1 N–H and O–H groups in total. The lowest BCUT2D eigenvalue weighted by atomic mass is 9.86. The van der Waals surface area contributed by atoms with Gasteiger partial charge in [-0.1, -0.05) is 18.0 Å². The van der Waals surface area contributed by atoms with Gasteiger partial charge in [0.1, 0.15) is 5.75 Å². The van der Waals surface area contributed by atoms with Crippen molar-refractivity contribution in [3.05, 3.63) is 28.8 Å². The van der Waals surface area contributed by atoms with Gasteiger partial charge >= 0.3 is 5.97 Å². The summed E-state index contributed by atoms with van der Waals surface area (Å²) in [5.74, 6) is 1.25. The number of carboxylic acids is 1. The molecular formula is C17H21ClO3. The Hall–Kier alpha value is -1.22. The van der Waals surface area contributed by atoms with Gasteiger partial charge in [0.25, 0.3) is 0 Å². The Morgan fingerprint density at radius 2 is 2.05 bits per heavy atom. The zero-order chi connectivity index (χ0) is 14.8. The molecule has 0 spiro atoms. The molecule has 0 heterocycles. The topological polar surface area (TPSA) is 46.5 Å². The molecule has 2 fully saturated rings. The number of halogens is 1. The largest absolute Gasteiger partial charge is 0.493 e. The number of carbonyl (C=O) groups is 1. The van der Waals surface area contributed by atoms with E-state index in [1.54, 1.807) is 0 Å². The maximum absolute atomic E-state index is 11.1. The molecule has 0 bridgehead atoms. The van der Waals surface area contributed by atoms with Crippen molar-refractivity contribution in [1.29, 1.82) is 0 Å². The fourth-order valence-electron chi connectivity index (χ4n) is 3.00. The van der Waals surface area contributed by atoms with Crippen molar-refractivity contribution in [2.45, 2.75) is 44.4 Å². The van der Waals surface area contributed by atoms with E-state index >= 15 is 0 Å². The molecule has 2 aliphatic carbocycles. The number of aliphatic carboxylic acids is 1. The van der Waals surface area contributed by atoms with Gasteiger partial charge in [-0.25, -0.2) is 0 Å². The van der Waals surface area contributed by atoms with Gasteiger partial charge in [-0.3, -0.25) is 4.79 Å². The van der Waals surface area contributed by atoms with Crippen LogP contribution < -0.4 is 4.74 Å². The number of rotatable bonds is 7. The smallest absolute Gasteiger partial charge is 0.303 e. The lowest BCUT2D eigenvalue weighted by molar-refractivity contribution is -0.137. The summed E-state index contributed by atoms with van der Waals surface area (Å²) in [6.07, 6.45) is 6.20. The Bertz CT molecular complexity index is 521. The molecule has 4 heteroatoms. The average molecular weight is 309 g/mol. The molecular weight excluding hydrogens is 288 g/mol. The second-order valence-corrected chi connectivity index (χ2v) is 6.81. The van der Waals surface area contributed by atoms with Gasteiger partial charge in [0.2, 0.25) is 0 Å². The summed E-state index contributed by atoms with van der Waals surface area (Å²) >= 11 is 6.19. The van der Waals surface area contributed by atoms with Crippen LogP contribution >= 0.6 is 11.6 Å². The van der Waals surface area contributed by atoms with Crippen LogP contribution in [0.4, 0.5) is 0 Å². The maximum atomic E-state index is 11.1. The quantitative estimate of drug-likeness (QED) is 0.807. The molecule has 0 radical (unpaired) electrons. The molecule has 3 rings (SSSR count). The Morgan fingerprint density at radius 1 is 1.29 bits per heavy atom. The van der Waals surface area contributed by atoms with Gasteiger partial charge in [-0.05, 0) is 67.2 Å². The van der Waals surface area contributed by atoms with Crippen molar-refractivity contribution in [3.8, 4) is 5.75 Å². The molecule has 2 saturated carbocycles. The Labute approximate surface area is 130 Å². The van der Waals surface area contributed by atoms with Crippen molar-refractivity contribution in [2.24, 2.45) is 11.8 Å². The monoisotopic (exact) mass is 308 g/mol. The average Bonchev–Trinajstić information content (AvgIpc) is 3.17. The molecule has 114 valence electrons. The predicted molar refractivity (Wildman–Crippen MR) is 82.0 cm³/mol. The second-order valence-electron chi connectivity index (χ2n) is 6.37. The standard InChI is InChI=1S/C17H21ClO3/c18-14-6-13(16(9-17(19)20)12-4-5-12)7-15(8-14)21-10-11-2-1-3-11/h6-8,11-12,16H,1-5,9-10H2,(H,19,20). The minimum Gasteiger partial charge on any atom is -0.493 e. The molecule has 0 aliphatic heterocycles. The van der Waals surface area contributed by atoms with Crippen LogP contribution in [0.2, 0.25) is 5.02 Å². The number of hydrogen-bond donors (Lipinski definition) is 1. The third-order valence-corrected chi connectivity index (χ3v) is 4.84. The molecule has 21 heavy (non-hydrogen) atoms. The van der Waals surface area contributed by atoms with E-state index in [1.165, 1.54) is 19.3 Å². The highest BCUT2D eigenvalue weighted by molar-refractivity contribution is 6.30. The molecule has 0 aromatic heterocycles. The number of benzene rings is 1. The van der Waals surface area contributed by atoms with Crippen LogP contribution in [-0.4, -0.2) is 17.7 Å². The number of ether oxygens (including phenoxy) is 1. The first-order valence-electron chi connectivity index (χ1n) is 7.77. The Kier molecular flexibility index (Phi) is 4.39. The van der Waals surface area contributed by atoms with Gasteiger partial charge in [-0.2, -0.15) is 0 Å². The SMILES string of the molecule is O=C(O)CC(c1cc(Cl)cc(OCC2CCC2)c1)C1CC1. The van der Waals surface area contributed by atoms with Crippen LogP contribution in [0, 0.1) is 11.8 Å². The first-order valence-corrected chi connectivity index (χ1v) is 8.14. The second kappa shape index (κ2) is 6.27. The van der Waals surface area contributed by atoms with Gasteiger partial charge in [-0.15, -0.1) is 0 Å². The van der Waals surface area contributed by atoms with Crippen LogP contribution in [-0.2, 0) is 4.79 Å². The Morgan fingerprint density at radius 3 is 2.62 bits per heavy atom. The summed E-state index contributed by atoms with van der Waals surface area (Å²) in [6.45, 7) is 0.743. The van der Waals surface area contributed by atoms with Gasteiger partial charge < -0.3 is 9.84 Å². The van der Waals surface area contributed by atoms with Gasteiger partial charge in [0, 0.05) is 5.02 Å². The van der Waals surface area contributed by atoms with Crippen molar-refractivity contribution in [3.63, 3.8) is 0 Å². The molecule has 1 atom stereocenters. The van der Waals surface area contributed by atoms with Gasteiger partial charge in [0.15, 0.2) is 0 Å². The van der Waals surface area contributed by atoms with Crippen LogP contribution in [0.25, 0.3) is 0 Å². The highest BCUT2D eigenvalue weighted by atomic mass is 35.5. The van der Waals surface area contributed by atoms with E-state index in [4.69, 9.17) is 21.4 Å². The molecule has 1 unspecified atom stereocenters. The lowest BCUT2D eigenvalue weighted by Gasteiger charge is -2.25. The van der Waals surface area contributed by atoms with E-state index in [0.717, 1.165) is 30.8 Å². The molecule has 1 aromatic carbocycles. The lowest BCUT2D eigenvalue weighted by Crippen LogP contribution is -2.19. The zero-order valence-electron chi connectivity index (χ0n) is 12.1. The van der Waals surface area contributed by atoms with E-state index in [-0.39, 0.29) is 12.3 Å². The third-order valence-electron chi connectivity index (χ3n) is 4.62. The highest BCUT2D eigenvalue weighted by Crippen LogP contribution is 2.45. The Balaban J connectivity index is 1.73. The molecule has 0 amide bonds. The molecule has 0 saturated heterocycles. The van der Waals surface area contributed by atoms with E-state index in [9.17, 15) is 4.79 Å². The normalized spacial score (nSPS) is 19.9. The third kappa shape index (κ3) is 3.91. The predicted octanol–water partition coefficient (Wildman–Crippen LogP) is 4.49. The maximum Gasteiger partial charge on any atom is 0.303 e. The molecule has 3 nitrogen and oxygen atoms in total. The zero-order valence-corrected chi connectivity index (χ0v) is 12.8. The van der Waals surface area contributed by atoms with Crippen LogP contribution in [0.15, 0.2) is 18.2 Å². The molecule has 2 aliphatic rings. The summed E-state index contributed by atoms with van der Waals surface area (Å²) < 4.78 is 5.85. The van der Waals surface area contributed by atoms with Gasteiger partial charge in [0.05, 0.1) is 13.0 Å². The van der Waals surface area contributed by atoms with E-state index in [1.807, 2.05) is 18.2 Å². The summed E-state index contributed by atoms with van der Waals surface area (Å²) in [5, 5.41) is 9.74. The minimum atomic E-state index is -0.746. The number of carboxylic acid groups (broad SMARTS) is 1. The van der Waals surface area contributed by atoms with E-state index < -0.39 is 5.97 Å². The van der Waals surface area contributed by atoms with Crippen molar-refractivity contribution < 1.29 is 14.6 Å². The fourth-order valence-corrected chi connectivity index (χ4v) is 3.23. The molecule has 1 aromatic rings. The van der Waals surface area contributed by atoms with Crippen LogP contribution in [0.1, 0.15) is 50.0 Å². The fraction of sp³-hybridized carbons (Fsp3) is 0.588. The van der Waals surface area contributed by atoms with E-state index in [0.29, 0.717) is 16.9 Å². The number of hydrogen-bond acceptors (Lipinski definition) is 2. The van der Waals surface area contributed by atoms with Crippen LogP contribution in [0.3, 0.4) is 0 Å². The summed E-state index contributed by atoms with van der Waals surface area (Å²) in [6, 6.07) is 5.70.